The van der Waals surface area contributed by atoms with E-state index < -0.39 is 0 Å². The minimum atomic E-state index is 0.250. The number of nitrogens with one attached hydrogen (secondary N) is 1. The van der Waals surface area contributed by atoms with Crippen LogP contribution in [0.4, 0.5) is 0 Å². The summed E-state index contributed by atoms with van der Waals surface area (Å²) in [5.41, 5.74) is 3.44. The lowest BCUT2D eigenvalue weighted by Gasteiger charge is -2.04. The van der Waals surface area contributed by atoms with E-state index in [0.717, 1.165) is 15.7 Å². The van der Waals surface area contributed by atoms with Gasteiger partial charge in [-0.15, -0.1) is 0 Å². The molecule has 1 aromatic carbocycles. The van der Waals surface area contributed by atoms with Crippen LogP contribution in [-0.2, 0) is 0 Å². The van der Waals surface area contributed by atoms with E-state index >= 15 is 0 Å². The van der Waals surface area contributed by atoms with Crippen LogP contribution in [0, 0.1) is 12.3 Å². The van der Waals surface area contributed by atoms with Gasteiger partial charge in [-0.3, -0.25) is 5.41 Å². The molecule has 0 aliphatic rings. The Morgan fingerprint density at radius 3 is 2.16 bits per heavy atom. The molecule has 1 aromatic heterocycles. The van der Waals surface area contributed by atoms with Crippen molar-refractivity contribution in [2.45, 2.75) is 13.8 Å². The van der Waals surface area contributed by atoms with Crippen molar-refractivity contribution in [1.82, 2.24) is 4.98 Å². The van der Waals surface area contributed by atoms with Gasteiger partial charge in [-0.2, -0.15) is 0 Å². The van der Waals surface area contributed by atoms with Crippen molar-refractivity contribution in [1.29, 1.82) is 5.41 Å². The summed E-state index contributed by atoms with van der Waals surface area (Å²) >= 11 is 3.28. The number of benzene rings is 1. The van der Waals surface area contributed by atoms with Gasteiger partial charge in [0.25, 0.3) is 0 Å². The number of hydrogen-bond acceptors (Lipinski definition) is 3. The topological polar surface area (TPSA) is 57.0 Å². The zero-order valence-corrected chi connectivity index (χ0v) is 12.6. The average Bonchev–Trinajstić information content (AvgIpc) is 2.41. The van der Waals surface area contributed by atoms with E-state index in [1.165, 1.54) is 5.56 Å². The molecule has 100 valence electrons. The first-order chi connectivity index (χ1) is 9.08. The van der Waals surface area contributed by atoms with Gasteiger partial charge in [0.2, 0.25) is 0 Å². The summed E-state index contributed by atoms with van der Waals surface area (Å²) < 4.78 is 0.785. The zero-order chi connectivity index (χ0) is 14.3. The fraction of sp³-hybridized carbons (Fsp3) is 0.200. The molecule has 2 aromatic rings. The van der Waals surface area contributed by atoms with Gasteiger partial charge >= 0.3 is 0 Å². The molecule has 0 aliphatic carbocycles. The van der Waals surface area contributed by atoms with Crippen LogP contribution in [0.5, 0.6) is 0 Å². The molecule has 0 unspecified atom stereocenters. The molecule has 0 radical (unpaired) electrons. The number of nitrogens with zero attached hydrogens (tertiary/aromatic N) is 1. The van der Waals surface area contributed by atoms with Gasteiger partial charge in [-0.1, -0.05) is 29.8 Å². The van der Waals surface area contributed by atoms with Crippen LogP contribution >= 0.6 is 15.9 Å². The quantitative estimate of drug-likeness (QED) is 0.656. The van der Waals surface area contributed by atoms with E-state index in [1.807, 2.05) is 43.3 Å². The van der Waals surface area contributed by atoms with Crippen LogP contribution in [-0.4, -0.2) is 22.4 Å². The van der Waals surface area contributed by atoms with Crippen LogP contribution in [0.2, 0.25) is 0 Å². The van der Waals surface area contributed by atoms with E-state index in [1.54, 1.807) is 13.1 Å². The van der Waals surface area contributed by atoms with Crippen LogP contribution in [0.1, 0.15) is 23.6 Å². The van der Waals surface area contributed by atoms with Gasteiger partial charge < -0.3 is 5.11 Å². The number of halogens is 1. The first-order valence-electron chi connectivity index (χ1n) is 5.96. The van der Waals surface area contributed by atoms with E-state index in [0.29, 0.717) is 5.71 Å². The fourth-order valence-electron chi connectivity index (χ4n) is 1.41. The summed E-state index contributed by atoms with van der Waals surface area (Å²) in [4.78, 5) is 4.12. The van der Waals surface area contributed by atoms with E-state index in [2.05, 4.69) is 20.9 Å². The SMILES string of the molecule is CCO.Cc1ccc(C(=N)c2ccc(Br)nc2)cc1. The standard InChI is InChI=1S/C13H11BrN2.C2H6O/c1-9-2-4-10(5-3-9)13(15)11-6-7-12(14)16-8-11;1-2-3/h2-8,15H,1H3;3H,2H2,1H3. The zero-order valence-electron chi connectivity index (χ0n) is 11.0. The first kappa shape index (κ1) is 15.5. The van der Waals surface area contributed by atoms with Crippen LogP contribution in [0.15, 0.2) is 47.2 Å². The van der Waals surface area contributed by atoms with Gasteiger partial charge in [0.15, 0.2) is 0 Å². The molecule has 0 saturated carbocycles. The Bertz CT molecular complexity index is 473. The summed E-state index contributed by atoms with van der Waals surface area (Å²) in [6, 6.07) is 11.7. The third kappa shape index (κ3) is 4.93. The highest BCUT2D eigenvalue weighted by atomic mass is 79.9. The lowest BCUT2D eigenvalue weighted by molar-refractivity contribution is 0.318. The molecule has 2 N–H and O–H groups in total. The third-order valence-corrected chi connectivity index (χ3v) is 2.83. The highest BCUT2D eigenvalue weighted by Crippen LogP contribution is 2.12. The number of aromatic nitrogens is 1. The van der Waals surface area contributed by atoms with Gasteiger partial charge in [-0.25, -0.2) is 4.98 Å². The Hall–Kier alpha value is -1.52. The maximum absolute atomic E-state index is 8.06. The Kier molecular flexibility index (Phi) is 6.39. The summed E-state index contributed by atoms with van der Waals surface area (Å²) in [6.07, 6.45) is 1.70. The molecule has 0 fully saturated rings. The number of aliphatic hydroxyl groups is 1. The maximum atomic E-state index is 8.06. The molecule has 1 heterocycles. The summed E-state index contributed by atoms with van der Waals surface area (Å²) in [5, 5.41) is 15.6. The van der Waals surface area contributed by atoms with Crippen molar-refractivity contribution in [3.8, 4) is 0 Å². The highest BCUT2D eigenvalue weighted by Gasteiger charge is 2.04. The fourth-order valence-corrected chi connectivity index (χ4v) is 1.65. The van der Waals surface area contributed by atoms with E-state index in [4.69, 9.17) is 10.5 Å². The molecule has 2 rings (SSSR count). The maximum Gasteiger partial charge on any atom is 0.106 e. The van der Waals surface area contributed by atoms with Gasteiger partial charge in [0, 0.05) is 23.9 Å². The Morgan fingerprint density at radius 1 is 1.16 bits per heavy atom. The molecule has 0 amide bonds. The Balaban J connectivity index is 0.000000550. The van der Waals surface area contributed by atoms with Gasteiger partial charge in [0.05, 0.1) is 5.71 Å². The monoisotopic (exact) mass is 320 g/mol. The number of hydrogen-bond donors (Lipinski definition) is 2. The molecular weight excluding hydrogens is 304 g/mol. The van der Waals surface area contributed by atoms with Crippen LogP contribution < -0.4 is 0 Å². The molecule has 0 spiro atoms. The third-order valence-electron chi connectivity index (χ3n) is 2.36. The molecule has 0 atom stereocenters. The van der Waals surface area contributed by atoms with Crippen LogP contribution in [0.25, 0.3) is 0 Å². The number of aliphatic hydroxyl groups excluding tert-OH is 1. The lowest BCUT2D eigenvalue weighted by Crippen LogP contribution is -2.01. The average molecular weight is 321 g/mol. The normalized spacial score (nSPS) is 9.47. The molecule has 0 bridgehead atoms. The van der Waals surface area contributed by atoms with Crippen LogP contribution in [0.3, 0.4) is 0 Å². The minimum Gasteiger partial charge on any atom is -0.397 e. The van der Waals surface area contributed by atoms with Crippen molar-refractivity contribution >= 4 is 21.6 Å². The highest BCUT2D eigenvalue weighted by molar-refractivity contribution is 9.10. The first-order valence-corrected chi connectivity index (χ1v) is 6.76. The molecule has 3 nitrogen and oxygen atoms in total. The van der Waals surface area contributed by atoms with Gasteiger partial charge in [0.1, 0.15) is 4.60 Å². The minimum absolute atomic E-state index is 0.250. The second kappa shape index (κ2) is 7.81. The molecule has 0 saturated heterocycles. The van der Waals surface area contributed by atoms with Crippen molar-refractivity contribution in [2.75, 3.05) is 6.61 Å². The van der Waals surface area contributed by atoms with Crippen molar-refractivity contribution in [3.63, 3.8) is 0 Å². The van der Waals surface area contributed by atoms with E-state index in [9.17, 15) is 0 Å². The molecule has 4 heteroatoms. The smallest absolute Gasteiger partial charge is 0.106 e. The predicted octanol–water partition coefficient (Wildman–Crippen LogP) is 3.57. The number of rotatable bonds is 2. The summed E-state index contributed by atoms with van der Waals surface area (Å²) in [5.74, 6) is 0. The van der Waals surface area contributed by atoms with Crippen molar-refractivity contribution in [2.24, 2.45) is 0 Å². The molecule has 0 aliphatic heterocycles. The summed E-state index contributed by atoms with van der Waals surface area (Å²) in [6.45, 7) is 3.97. The van der Waals surface area contributed by atoms with Gasteiger partial charge in [-0.05, 0) is 41.9 Å². The molecule has 19 heavy (non-hydrogen) atoms. The second-order valence-electron chi connectivity index (χ2n) is 3.93. The number of aryl methyl sites for hydroxylation is 1. The lowest BCUT2D eigenvalue weighted by atomic mass is 10.0. The van der Waals surface area contributed by atoms with Crippen molar-refractivity contribution in [3.05, 3.63) is 63.9 Å². The Labute approximate surface area is 122 Å². The largest absolute Gasteiger partial charge is 0.397 e. The van der Waals surface area contributed by atoms with E-state index in [-0.39, 0.29) is 6.61 Å². The van der Waals surface area contributed by atoms with Crippen molar-refractivity contribution < 1.29 is 5.11 Å². The molecular formula is C15H17BrN2O. The number of pyridine rings is 1. The predicted molar refractivity (Wildman–Crippen MR) is 81.8 cm³/mol. The Morgan fingerprint density at radius 2 is 1.68 bits per heavy atom. The second-order valence-corrected chi connectivity index (χ2v) is 4.74. The summed E-state index contributed by atoms with van der Waals surface area (Å²) in [7, 11) is 0.